The monoisotopic (exact) mass is 324 g/mol. The molecule has 1 rings (SSSR count). The highest BCUT2D eigenvalue weighted by atomic mass is 19.1. The Morgan fingerprint density at radius 1 is 1.13 bits per heavy atom. The van der Waals surface area contributed by atoms with Crippen molar-refractivity contribution in [2.24, 2.45) is 0 Å². The topological polar surface area (TPSA) is 60.9 Å². The quantitative estimate of drug-likeness (QED) is 0.798. The molecule has 0 fully saturated rings. The van der Waals surface area contributed by atoms with Crippen LogP contribution in [0.1, 0.15) is 39.3 Å². The molecule has 0 spiro atoms. The van der Waals surface area contributed by atoms with Gasteiger partial charge in [0.05, 0.1) is 19.1 Å². The first-order valence-electron chi connectivity index (χ1n) is 7.77. The van der Waals surface area contributed by atoms with Crippen LogP contribution < -0.4 is 0 Å². The normalized spacial score (nSPS) is 12.5. The summed E-state index contributed by atoms with van der Waals surface area (Å²) in [6.45, 7) is 7.83. The molecular formula is C17H25FN2O3. The minimum absolute atomic E-state index is 0.0450. The summed E-state index contributed by atoms with van der Waals surface area (Å²) in [5.74, 6) is -1.41. The Morgan fingerprint density at radius 2 is 1.70 bits per heavy atom. The van der Waals surface area contributed by atoms with Gasteiger partial charge in [0, 0.05) is 12.6 Å². The second-order valence-electron chi connectivity index (χ2n) is 5.80. The summed E-state index contributed by atoms with van der Waals surface area (Å²) < 4.78 is 13.0. The van der Waals surface area contributed by atoms with Crippen LogP contribution >= 0.6 is 0 Å². The molecule has 0 aliphatic rings. The minimum atomic E-state index is -0.957. The van der Waals surface area contributed by atoms with Gasteiger partial charge in [-0.15, -0.1) is 0 Å². The molecule has 1 N–H and O–H groups in total. The summed E-state index contributed by atoms with van der Waals surface area (Å²) in [5, 5.41) is 8.95. The van der Waals surface area contributed by atoms with Crippen molar-refractivity contribution >= 4 is 11.9 Å². The van der Waals surface area contributed by atoms with Crippen molar-refractivity contribution in [3.63, 3.8) is 0 Å². The van der Waals surface area contributed by atoms with Crippen LogP contribution in [-0.2, 0) is 9.59 Å². The van der Waals surface area contributed by atoms with Gasteiger partial charge in [-0.1, -0.05) is 12.1 Å². The number of benzene rings is 1. The predicted molar refractivity (Wildman–Crippen MR) is 86.5 cm³/mol. The Kier molecular flexibility index (Phi) is 7.16. The van der Waals surface area contributed by atoms with Gasteiger partial charge in [0.15, 0.2) is 0 Å². The molecule has 23 heavy (non-hydrogen) atoms. The molecule has 0 aromatic heterocycles. The third kappa shape index (κ3) is 5.63. The van der Waals surface area contributed by atoms with E-state index in [0.29, 0.717) is 6.54 Å². The third-order valence-electron chi connectivity index (χ3n) is 3.89. The molecule has 5 nitrogen and oxygen atoms in total. The summed E-state index contributed by atoms with van der Waals surface area (Å²) in [4.78, 5) is 26.8. The van der Waals surface area contributed by atoms with Crippen LogP contribution in [0, 0.1) is 5.82 Å². The van der Waals surface area contributed by atoms with Crippen LogP contribution in [0.25, 0.3) is 0 Å². The van der Waals surface area contributed by atoms with E-state index in [1.54, 1.807) is 21.9 Å². The fraction of sp³-hybridized carbons (Fsp3) is 0.529. The molecule has 0 saturated carbocycles. The van der Waals surface area contributed by atoms with Gasteiger partial charge >= 0.3 is 5.97 Å². The van der Waals surface area contributed by atoms with E-state index in [4.69, 9.17) is 5.11 Å². The maximum atomic E-state index is 13.0. The number of aliphatic carboxylic acids is 1. The number of hydrogen-bond donors (Lipinski definition) is 1. The highest BCUT2D eigenvalue weighted by Gasteiger charge is 2.24. The number of carbonyl (C=O) groups excluding carboxylic acids is 1. The van der Waals surface area contributed by atoms with Crippen molar-refractivity contribution in [2.45, 2.75) is 39.8 Å². The summed E-state index contributed by atoms with van der Waals surface area (Å²) in [6, 6.07) is 5.81. The number of hydrogen-bond acceptors (Lipinski definition) is 3. The van der Waals surface area contributed by atoms with E-state index in [0.717, 1.165) is 5.56 Å². The van der Waals surface area contributed by atoms with Crippen LogP contribution in [0.2, 0.25) is 0 Å². The Labute approximate surface area is 136 Å². The van der Waals surface area contributed by atoms with Crippen LogP contribution in [0.5, 0.6) is 0 Å². The maximum Gasteiger partial charge on any atom is 0.317 e. The zero-order chi connectivity index (χ0) is 17.6. The Morgan fingerprint density at radius 3 is 2.13 bits per heavy atom. The van der Waals surface area contributed by atoms with Crippen LogP contribution in [0.4, 0.5) is 4.39 Å². The van der Waals surface area contributed by atoms with E-state index >= 15 is 0 Å². The molecule has 1 amide bonds. The van der Waals surface area contributed by atoms with Crippen molar-refractivity contribution in [3.05, 3.63) is 35.6 Å². The minimum Gasteiger partial charge on any atom is -0.480 e. The molecule has 0 bridgehead atoms. The van der Waals surface area contributed by atoms with Gasteiger partial charge in [-0.2, -0.15) is 0 Å². The number of carboxylic acid groups (broad SMARTS) is 1. The fourth-order valence-corrected chi connectivity index (χ4v) is 2.45. The van der Waals surface area contributed by atoms with Crippen molar-refractivity contribution in [3.8, 4) is 0 Å². The van der Waals surface area contributed by atoms with Crippen molar-refractivity contribution < 1.29 is 19.1 Å². The number of carboxylic acids is 1. The lowest BCUT2D eigenvalue weighted by Crippen LogP contribution is -2.45. The Bertz CT molecular complexity index is 531. The van der Waals surface area contributed by atoms with Crippen molar-refractivity contribution in [1.29, 1.82) is 0 Å². The van der Waals surface area contributed by atoms with Crippen molar-refractivity contribution in [2.75, 3.05) is 19.6 Å². The van der Waals surface area contributed by atoms with Gasteiger partial charge in [0.1, 0.15) is 5.82 Å². The van der Waals surface area contributed by atoms with Gasteiger partial charge in [-0.25, -0.2) is 4.39 Å². The summed E-state index contributed by atoms with van der Waals surface area (Å²) in [7, 11) is 0. The first-order valence-corrected chi connectivity index (χ1v) is 7.77. The zero-order valence-electron chi connectivity index (χ0n) is 14.1. The molecule has 0 radical (unpaired) electrons. The third-order valence-corrected chi connectivity index (χ3v) is 3.89. The number of carbonyl (C=O) groups is 2. The van der Waals surface area contributed by atoms with E-state index in [9.17, 15) is 14.0 Å². The van der Waals surface area contributed by atoms with Gasteiger partial charge in [-0.3, -0.25) is 14.5 Å². The van der Waals surface area contributed by atoms with E-state index in [-0.39, 0.29) is 36.9 Å². The van der Waals surface area contributed by atoms with E-state index < -0.39 is 5.97 Å². The Balaban J connectivity index is 2.84. The highest BCUT2D eigenvalue weighted by molar-refractivity contribution is 5.79. The molecule has 6 heteroatoms. The van der Waals surface area contributed by atoms with Crippen LogP contribution in [0.3, 0.4) is 0 Å². The summed E-state index contributed by atoms with van der Waals surface area (Å²) in [6.07, 6.45) is 0. The largest absolute Gasteiger partial charge is 0.480 e. The second kappa shape index (κ2) is 8.62. The number of nitrogens with zero attached hydrogens (tertiary/aromatic N) is 2. The molecule has 1 aromatic rings. The molecule has 0 aliphatic heterocycles. The van der Waals surface area contributed by atoms with Gasteiger partial charge < -0.3 is 10.0 Å². The molecule has 0 heterocycles. The lowest BCUT2D eigenvalue weighted by molar-refractivity contribution is -0.141. The van der Waals surface area contributed by atoms with Crippen LogP contribution in [0.15, 0.2) is 24.3 Å². The molecule has 1 unspecified atom stereocenters. The molecular weight excluding hydrogens is 299 g/mol. The average Bonchev–Trinajstić information content (AvgIpc) is 2.47. The first-order chi connectivity index (χ1) is 10.8. The van der Waals surface area contributed by atoms with E-state index in [2.05, 4.69) is 0 Å². The number of rotatable bonds is 8. The zero-order valence-corrected chi connectivity index (χ0v) is 14.1. The first kappa shape index (κ1) is 19.1. The highest BCUT2D eigenvalue weighted by Crippen LogP contribution is 2.20. The van der Waals surface area contributed by atoms with Gasteiger partial charge in [0.25, 0.3) is 0 Å². The molecule has 1 aromatic carbocycles. The van der Waals surface area contributed by atoms with E-state index in [1.807, 2.05) is 27.7 Å². The van der Waals surface area contributed by atoms with Crippen molar-refractivity contribution in [1.82, 2.24) is 9.80 Å². The van der Waals surface area contributed by atoms with E-state index in [1.165, 1.54) is 12.1 Å². The van der Waals surface area contributed by atoms with Gasteiger partial charge in [0.2, 0.25) is 5.91 Å². The fourth-order valence-electron chi connectivity index (χ4n) is 2.45. The predicted octanol–water partition coefficient (Wildman–Crippen LogP) is 2.53. The number of amides is 1. The maximum absolute atomic E-state index is 13.0. The lowest BCUT2D eigenvalue weighted by Gasteiger charge is -2.32. The standard InChI is InChI=1S/C17H25FN2O3/c1-5-20(13(4)14-6-8-15(18)9-7-14)16(21)10-19(12(2)3)11-17(22)23/h6-9,12-13H,5,10-11H2,1-4H3,(H,22,23). The molecule has 0 aliphatic carbocycles. The lowest BCUT2D eigenvalue weighted by atomic mass is 10.1. The number of likely N-dealkylation sites (N-methyl/N-ethyl adjacent to an activating group) is 1. The van der Waals surface area contributed by atoms with Gasteiger partial charge in [-0.05, 0) is 45.4 Å². The molecule has 1 atom stereocenters. The SMILES string of the molecule is CCN(C(=O)CN(CC(=O)O)C(C)C)C(C)c1ccc(F)cc1. The second-order valence-corrected chi connectivity index (χ2v) is 5.80. The molecule has 0 saturated heterocycles. The summed E-state index contributed by atoms with van der Waals surface area (Å²) in [5.41, 5.74) is 0.843. The average molecular weight is 324 g/mol. The smallest absolute Gasteiger partial charge is 0.317 e. The Hall–Kier alpha value is -1.95. The number of halogens is 1. The van der Waals surface area contributed by atoms with Crippen LogP contribution in [-0.4, -0.2) is 52.5 Å². The summed E-state index contributed by atoms with van der Waals surface area (Å²) >= 11 is 0. The molecule has 128 valence electrons.